The Bertz CT molecular complexity index is 505. The Morgan fingerprint density at radius 1 is 1.45 bits per heavy atom. The zero-order valence-electron chi connectivity index (χ0n) is 11.7. The van der Waals surface area contributed by atoms with Crippen LogP contribution in [-0.4, -0.2) is 47.4 Å². The Morgan fingerprint density at radius 2 is 2.05 bits per heavy atom. The normalized spacial score (nSPS) is 10.2. The highest BCUT2D eigenvalue weighted by atomic mass is 79.9. The van der Waals surface area contributed by atoms with E-state index in [2.05, 4.69) is 20.9 Å². The molecule has 1 aromatic rings. The molecule has 110 valence electrons. The van der Waals surface area contributed by atoms with Crippen molar-refractivity contribution in [1.82, 2.24) is 9.88 Å². The van der Waals surface area contributed by atoms with Crippen molar-refractivity contribution < 1.29 is 9.72 Å². The molecule has 0 atom stereocenters. The zero-order chi connectivity index (χ0) is 15.3. The predicted molar refractivity (Wildman–Crippen MR) is 79.8 cm³/mol. The first-order valence-corrected chi connectivity index (χ1v) is 6.98. The summed E-state index contributed by atoms with van der Waals surface area (Å²) in [5.74, 6) is 0.0928. The molecule has 20 heavy (non-hydrogen) atoms. The Labute approximate surface area is 125 Å². The van der Waals surface area contributed by atoms with Gasteiger partial charge >= 0.3 is 5.69 Å². The minimum Gasteiger partial charge on any atom is -0.345 e. The number of carbonyl (C=O) groups excluding carboxylic acids is 1. The molecule has 0 bridgehead atoms. The maximum Gasteiger partial charge on any atom is 0.312 e. The van der Waals surface area contributed by atoms with Gasteiger partial charge in [-0.3, -0.25) is 14.9 Å². The predicted octanol–water partition coefficient (Wildman–Crippen LogP) is 2.06. The van der Waals surface area contributed by atoms with Crippen LogP contribution in [-0.2, 0) is 4.79 Å². The number of hydrogen-bond donors (Lipinski definition) is 0. The van der Waals surface area contributed by atoms with Crippen LogP contribution in [0.15, 0.2) is 16.7 Å². The number of rotatable bonds is 6. The van der Waals surface area contributed by atoms with E-state index >= 15 is 0 Å². The molecule has 1 rings (SSSR count). The van der Waals surface area contributed by atoms with E-state index < -0.39 is 4.92 Å². The molecule has 0 saturated carbocycles. The summed E-state index contributed by atoms with van der Waals surface area (Å²) in [5, 5.41) is 11.0. The number of halogens is 1. The third-order valence-electron chi connectivity index (χ3n) is 2.86. The second-order valence-electron chi connectivity index (χ2n) is 4.18. The van der Waals surface area contributed by atoms with Crippen LogP contribution in [0.4, 0.5) is 11.5 Å². The van der Waals surface area contributed by atoms with Gasteiger partial charge in [0.15, 0.2) is 0 Å². The van der Waals surface area contributed by atoms with Gasteiger partial charge in [0.05, 0.1) is 11.5 Å². The molecule has 0 spiro atoms. The molecule has 0 aliphatic rings. The Morgan fingerprint density at radius 3 is 2.55 bits per heavy atom. The first-order valence-electron chi connectivity index (χ1n) is 6.19. The largest absolute Gasteiger partial charge is 0.345 e. The highest BCUT2D eigenvalue weighted by Gasteiger charge is 2.22. The van der Waals surface area contributed by atoms with E-state index in [1.807, 2.05) is 13.8 Å². The lowest BCUT2D eigenvalue weighted by molar-refractivity contribution is -0.384. The van der Waals surface area contributed by atoms with Gasteiger partial charge in [0.2, 0.25) is 11.7 Å². The number of hydrogen-bond acceptors (Lipinski definition) is 5. The van der Waals surface area contributed by atoms with E-state index in [4.69, 9.17) is 0 Å². The molecule has 0 unspecified atom stereocenters. The molecule has 1 aromatic heterocycles. The fourth-order valence-corrected chi connectivity index (χ4v) is 2.12. The van der Waals surface area contributed by atoms with Crippen LogP contribution in [0.1, 0.15) is 13.8 Å². The molecule has 0 aromatic carbocycles. The second kappa shape index (κ2) is 7.18. The quantitative estimate of drug-likeness (QED) is 0.582. The summed E-state index contributed by atoms with van der Waals surface area (Å²) in [6, 6.07) is 1.38. The lowest BCUT2D eigenvalue weighted by atomic mass is 10.3. The summed E-state index contributed by atoms with van der Waals surface area (Å²) < 4.78 is 0.524. The van der Waals surface area contributed by atoms with E-state index in [9.17, 15) is 14.9 Å². The molecule has 0 aliphatic heterocycles. The molecular weight excluding hydrogens is 328 g/mol. The molecule has 7 nitrogen and oxygen atoms in total. The zero-order valence-corrected chi connectivity index (χ0v) is 13.3. The van der Waals surface area contributed by atoms with Gasteiger partial charge in [-0.15, -0.1) is 0 Å². The molecule has 0 radical (unpaired) electrons. The average molecular weight is 345 g/mol. The average Bonchev–Trinajstić information content (AvgIpc) is 2.39. The maximum absolute atomic E-state index is 12.0. The molecular formula is C12H17BrN4O3. The molecule has 1 amide bonds. The number of pyridine rings is 1. The fourth-order valence-electron chi connectivity index (χ4n) is 1.80. The number of nitrogens with zero attached hydrogens (tertiary/aromatic N) is 4. The standard InChI is InChI=1S/C12H17BrN4O3/c1-4-16(5-2)11(18)8-15(3)12-10(17(19)20)6-9(13)7-14-12/h6-7H,4-5,8H2,1-3H3. The van der Waals surface area contributed by atoms with Gasteiger partial charge in [0.1, 0.15) is 0 Å². The van der Waals surface area contributed by atoms with Crippen molar-refractivity contribution in [2.75, 3.05) is 31.6 Å². The maximum atomic E-state index is 12.0. The van der Waals surface area contributed by atoms with Crippen molar-refractivity contribution in [3.8, 4) is 0 Å². The SMILES string of the molecule is CCN(CC)C(=O)CN(C)c1ncc(Br)cc1[N+](=O)[O-]. The van der Waals surface area contributed by atoms with Gasteiger partial charge in [0.25, 0.3) is 0 Å². The summed E-state index contributed by atoms with van der Waals surface area (Å²) >= 11 is 3.15. The number of carbonyl (C=O) groups is 1. The van der Waals surface area contributed by atoms with Crippen molar-refractivity contribution in [3.63, 3.8) is 0 Å². The number of aromatic nitrogens is 1. The van der Waals surface area contributed by atoms with Gasteiger partial charge in [-0.05, 0) is 29.8 Å². The van der Waals surface area contributed by atoms with Crippen molar-refractivity contribution >= 4 is 33.3 Å². The van der Waals surface area contributed by atoms with Crippen LogP contribution in [0.5, 0.6) is 0 Å². The molecule has 0 fully saturated rings. The van der Waals surface area contributed by atoms with E-state index in [1.165, 1.54) is 17.2 Å². The Balaban J connectivity index is 2.95. The second-order valence-corrected chi connectivity index (χ2v) is 5.09. The highest BCUT2D eigenvalue weighted by Crippen LogP contribution is 2.27. The lowest BCUT2D eigenvalue weighted by Crippen LogP contribution is -2.39. The van der Waals surface area contributed by atoms with Gasteiger partial charge < -0.3 is 9.80 Å². The molecule has 0 aliphatic carbocycles. The highest BCUT2D eigenvalue weighted by molar-refractivity contribution is 9.10. The fraction of sp³-hybridized carbons (Fsp3) is 0.500. The van der Waals surface area contributed by atoms with E-state index in [0.717, 1.165) is 0 Å². The van der Waals surface area contributed by atoms with Gasteiger partial charge in [-0.25, -0.2) is 4.98 Å². The monoisotopic (exact) mass is 344 g/mol. The summed E-state index contributed by atoms with van der Waals surface area (Å²) in [7, 11) is 1.62. The summed E-state index contributed by atoms with van der Waals surface area (Å²) in [6.07, 6.45) is 1.47. The summed E-state index contributed by atoms with van der Waals surface area (Å²) in [6.45, 7) is 5.05. The van der Waals surface area contributed by atoms with Crippen LogP contribution in [0.3, 0.4) is 0 Å². The minimum atomic E-state index is -0.508. The van der Waals surface area contributed by atoms with Crippen LogP contribution in [0, 0.1) is 10.1 Å². The minimum absolute atomic E-state index is 0.0527. The molecule has 8 heteroatoms. The Hall–Kier alpha value is -1.70. The third kappa shape index (κ3) is 3.89. The molecule has 1 heterocycles. The van der Waals surface area contributed by atoms with Crippen LogP contribution < -0.4 is 4.90 Å². The van der Waals surface area contributed by atoms with Crippen molar-refractivity contribution in [1.29, 1.82) is 0 Å². The first kappa shape index (κ1) is 16.4. The number of anilines is 1. The topological polar surface area (TPSA) is 79.6 Å². The van der Waals surface area contributed by atoms with Crippen LogP contribution in [0.25, 0.3) is 0 Å². The first-order chi connectivity index (χ1) is 9.40. The van der Waals surface area contributed by atoms with Gasteiger partial charge in [-0.1, -0.05) is 0 Å². The summed E-state index contributed by atoms with van der Waals surface area (Å²) in [5.41, 5.74) is -0.130. The Kier molecular flexibility index (Phi) is 5.87. The number of nitro groups is 1. The number of amides is 1. The van der Waals surface area contributed by atoms with E-state index in [0.29, 0.717) is 17.6 Å². The van der Waals surface area contributed by atoms with E-state index in [-0.39, 0.29) is 24.0 Å². The summed E-state index contributed by atoms with van der Waals surface area (Å²) in [4.78, 5) is 29.7. The van der Waals surface area contributed by atoms with Crippen LogP contribution in [0.2, 0.25) is 0 Å². The van der Waals surface area contributed by atoms with Crippen molar-refractivity contribution in [3.05, 3.63) is 26.9 Å². The van der Waals surface area contributed by atoms with Crippen LogP contribution >= 0.6 is 15.9 Å². The van der Waals surface area contributed by atoms with Gasteiger partial charge in [0, 0.05) is 36.9 Å². The third-order valence-corrected chi connectivity index (χ3v) is 3.29. The lowest BCUT2D eigenvalue weighted by Gasteiger charge is -2.23. The molecule has 0 N–H and O–H groups in total. The van der Waals surface area contributed by atoms with E-state index in [1.54, 1.807) is 11.9 Å². The number of likely N-dealkylation sites (N-methyl/N-ethyl adjacent to an activating group) is 2. The van der Waals surface area contributed by atoms with Crippen molar-refractivity contribution in [2.45, 2.75) is 13.8 Å². The van der Waals surface area contributed by atoms with Gasteiger partial charge in [-0.2, -0.15) is 0 Å². The smallest absolute Gasteiger partial charge is 0.312 e. The molecule has 0 saturated heterocycles. The van der Waals surface area contributed by atoms with Crippen molar-refractivity contribution in [2.24, 2.45) is 0 Å².